The molecule has 0 amide bonds. The minimum atomic E-state index is -0.772. The third-order valence-corrected chi connectivity index (χ3v) is 10.7. The molecule has 56 heavy (non-hydrogen) atoms. The van der Waals surface area contributed by atoms with Gasteiger partial charge in [-0.2, -0.15) is 0 Å². The van der Waals surface area contributed by atoms with Crippen LogP contribution >= 0.6 is 0 Å². The summed E-state index contributed by atoms with van der Waals surface area (Å²) >= 11 is 0. The molecule has 0 aromatic rings. The largest absolute Gasteiger partial charge is 0.462 e. The van der Waals surface area contributed by atoms with Gasteiger partial charge in [-0.05, 0) is 70.6 Å². The molecular weight excluding hydrogens is 697 g/mol. The quantitative estimate of drug-likeness (QED) is 0.0265. The molecule has 6 nitrogen and oxygen atoms in total. The number of unbranched alkanes of at least 4 members (excludes halogenated alkanes) is 29. The van der Waals surface area contributed by atoms with Crippen molar-refractivity contribution >= 4 is 17.9 Å². The molecule has 0 bridgehead atoms. The standard InChI is InChI=1S/C50H92O6/c1-4-7-10-13-16-19-22-25-28-31-34-37-40-43-49(52)55-46-47(45-54-48(51)42-39-36-33-30-27-24-21-18-15-12-9-6-3)56-50(53)44-41-38-35-32-29-26-23-20-17-14-11-8-5-2/h19-20,22-23,47H,4-18,21,24-46H2,1-3H3/b22-19-,23-20-/t47-/m1/s1. The summed E-state index contributed by atoms with van der Waals surface area (Å²) in [6.07, 6.45) is 50.1. The molecule has 0 fully saturated rings. The molecule has 0 aromatic carbocycles. The zero-order valence-electron chi connectivity index (χ0n) is 37.4. The van der Waals surface area contributed by atoms with Crippen LogP contribution in [0.1, 0.15) is 258 Å². The summed E-state index contributed by atoms with van der Waals surface area (Å²) < 4.78 is 16.7. The van der Waals surface area contributed by atoms with Gasteiger partial charge in [0, 0.05) is 19.3 Å². The summed E-state index contributed by atoms with van der Waals surface area (Å²) in [7, 11) is 0. The average Bonchev–Trinajstić information content (AvgIpc) is 3.19. The van der Waals surface area contributed by atoms with E-state index in [2.05, 4.69) is 45.1 Å². The van der Waals surface area contributed by atoms with Crippen LogP contribution in [0.25, 0.3) is 0 Å². The van der Waals surface area contributed by atoms with Crippen LogP contribution in [0.2, 0.25) is 0 Å². The molecular formula is C50H92O6. The lowest BCUT2D eigenvalue weighted by Crippen LogP contribution is -2.30. The molecule has 6 heteroatoms. The first-order valence-corrected chi connectivity index (χ1v) is 24.3. The number of allylic oxidation sites excluding steroid dienone is 4. The first kappa shape index (κ1) is 53.9. The second-order valence-corrected chi connectivity index (χ2v) is 16.4. The zero-order chi connectivity index (χ0) is 40.8. The van der Waals surface area contributed by atoms with E-state index in [1.165, 1.54) is 148 Å². The Hall–Kier alpha value is -2.11. The van der Waals surface area contributed by atoms with Crippen molar-refractivity contribution in [3.8, 4) is 0 Å². The fourth-order valence-corrected chi connectivity index (χ4v) is 6.96. The van der Waals surface area contributed by atoms with Crippen LogP contribution in [0.15, 0.2) is 24.3 Å². The van der Waals surface area contributed by atoms with E-state index < -0.39 is 6.10 Å². The Kier molecular flexibility index (Phi) is 43.9. The van der Waals surface area contributed by atoms with Gasteiger partial charge in [0.25, 0.3) is 0 Å². The van der Waals surface area contributed by atoms with Crippen LogP contribution in [-0.2, 0) is 28.6 Å². The Balaban J connectivity index is 4.38. The molecule has 0 aromatic heterocycles. The summed E-state index contributed by atoms with van der Waals surface area (Å²) in [4.78, 5) is 37.8. The van der Waals surface area contributed by atoms with Crippen molar-refractivity contribution in [2.45, 2.75) is 264 Å². The normalized spacial score (nSPS) is 12.1. The zero-order valence-corrected chi connectivity index (χ0v) is 37.4. The number of ether oxygens (including phenoxy) is 3. The van der Waals surface area contributed by atoms with E-state index in [9.17, 15) is 14.4 Å². The number of hydrogen-bond acceptors (Lipinski definition) is 6. The molecule has 0 rings (SSSR count). The van der Waals surface area contributed by atoms with Gasteiger partial charge in [-0.1, -0.05) is 193 Å². The lowest BCUT2D eigenvalue weighted by molar-refractivity contribution is -0.167. The van der Waals surface area contributed by atoms with E-state index in [4.69, 9.17) is 14.2 Å². The summed E-state index contributed by atoms with van der Waals surface area (Å²) in [6.45, 7) is 6.60. The van der Waals surface area contributed by atoms with E-state index in [1.54, 1.807) is 0 Å². The summed E-state index contributed by atoms with van der Waals surface area (Å²) in [6, 6.07) is 0. The van der Waals surface area contributed by atoms with Crippen molar-refractivity contribution in [1.82, 2.24) is 0 Å². The summed E-state index contributed by atoms with van der Waals surface area (Å²) in [5, 5.41) is 0. The lowest BCUT2D eigenvalue weighted by atomic mass is 10.0. The average molecular weight is 789 g/mol. The van der Waals surface area contributed by atoms with Crippen LogP contribution in [0.5, 0.6) is 0 Å². The van der Waals surface area contributed by atoms with Crippen molar-refractivity contribution in [1.29, 1.82) is 0 Å². The van der Waals surface area contributed by atoms with Crippen LogP contribution < -0.4 is 0 Å². The van der Waals surface area contributed by atoms with Crippen molar-refractivity contribution in [2.75, 3.05) is 13.2 Å². The minimum absolute atomic E-state index is 0.0740. The lowest BCUT2D eigenvalue weighted by Gasteiger charge is -2.18. The molecule has 328 valence electrons. The fourth-order valence-electron chi connectivity index (χ4n) is 6.96. The Morgan fingerprint density at radius 2 is 0.589 bits per heavy atom. The summed E-state index contributed by atoms with van der Waals surface area (Å²) in [5.74, 6) is -0.884. The molecule has 1 atom stereocenters. The van der Waals surface area contributed by atoms with Crippen molar-refractivity contribution in [2.24, 2.45) is 0 Å². The molecule has 0 N–H and O–H groups in total. The van der Waals surface area contributed by atoms with Crippen LogP contribution in [0, 0.1) is 0 Å². The molecule has 0 heterocycles. The number of hydrogen-bond donors (Lipinski definition) is 0. The Bertz CT molecular complexity index is 911. The van der Waals surface area contributed by atoms with Gasteiger partial charge in [0.1, 0.15) is 13.2 Å². The maximum Gasteiger partial charge on any atom is 0.306 e. The second kappa shape index (κ2) is 45.6. The van der Waals surface area contributed by atoms with Gasteiger partial charge >= 0.3 is 17.9 Å². The molecule has 0 saturated carbocycles. The first-order chi connectivity index (χ1) is 27.5. The predicted octanol–water partition coefficient (Wildman–Crippen LogP) is 15.6. The Morgan fingerprint density at radius 1 is 0.339 bits per heavy atom. The predicted molar refractivity (Wildman–Crippen MR) is 238 cm³/mol. The number of carbonyl (C=O) groups is 3. The molecule has 0 aliphatic heterocycles. The van der Waals surface area contributed by atoms with Crippen LogP contribution in [0.4, 0.5) is 0 Å². The van der Waals surface area contributed by atoms with E-state index in [0.717, 1.165) is 70.6 Å². The monoisotopic (exact) mass is 789 g/mol. The SMILES string of the molecule is CCCCCC/C=C\CCCCCCCC(=O)OC[C@@H](COC(=O)CCCCCCCCCCCCCC)OC(=O)CCCCCCC/C=C\CCCCCC. The number of rotatable bonds is 44. The third-order valence-electron chi connectivity index (χ3n) is 10.7. The van der Waals surface area contributed by atoms with Gasteiger partial charge in [0.2, 0.25) is 0 Å². The van der Waals surface area contributed by atoms with Crippen LogP contribution in [0.3, 0.4) is 0 Å². The maximum absolute atomic E-state index is 12.7. The Labute approximate surface area is 347 Å². The highest BCUT2D eigenvalue weighted by molar-refractivity contribution is 5.71. The first-order valence-electron chi connectivity index (χ1n) is 24.3. The molecule has 0 aliphatic carbocycles. The van der Waals surface area contributed by atoms with Crippen molar-refractivity contribution in [3.05, 3.63) is 24.3 Å². The van der Waals surface area contributed by atoms with Gasteiger partial charge in [-0.3, -0.25) is 14.4 Å². The highest BCUT2D eigenvalue weighted by Crippen LogP contribution is 2.15. The van der Waals surface area contributed by atoms with Gasteiger partial charge < -0.3 is 14.2 Å². The van der Waals surface area contributed by atoms with Gasteiger partial charge in [-0.15, -0.1) is 0 Å². The van der Waals surface area contributed by atoms with E-state index in [1.807, 2.05) is 0 Å². The van der Waals surface area contributed by atoms with E-state index in [-0.39, 0.29) is 31.1 Å². The van der Waals surface area contributed by atoms with E-state index >= 15 is 0 Å². The third kappa shape index (κ3) is 43.0. The van der Waals surface area contributed by atoms with Gasteiger partial charge in [0.15, 0.2) is 6.10 Å². The molecule has 0 aliphatic rings. The maximum atomic E-state index is 12.7. The highest BCUT2D eigenvalue weighted by Gasteiger charge is 2.19. The van der Waals surface area contributed by atoms with Crippen molar-refractivity contribution in [3.63, 3.8) is 0 Å². The highest BCUT2D eigenvalue weighted by atomic mass is 16.6. The molecule has 0 spiro atoms. The Morgan fingerprint density at radius 3 is 0.911 bits per heavy atom. The topological polar surface area (TPSA) is 78.9 Å². The fraction of sp³-hybridized carbons (Fsp3) is 0.860. The number of carbonyl (C=O) groups excluding carboxylic acids is 3. The summed E-state index contributed by atoms with van der Waals surface area (Å²) in [5.41, 5.74) is 0. The van der Waals surface area contributed by atoms with Gasteiger partial charge in [-0.25, -0.2) is 0 Å². The number of esters is 3. The van der Waals surface area contributed by atoms with E-state index in [0.29, 0.717) is 19.3 Å². The van der Waals surface area contributed by atoms with Crippen molar-refractivity contribution < 1.29 is 28.6 Å². The molecule has 0 unspecified atom stereocenters. The molecule has 0 radical (unpaired) electrons. The second-order valence-electron chi connectivity index (χ2n) is 16.4. The van der Waals surface area contributed by atoms with Gasteiger partial charge in [0.05, 0.1) is 0 Å². The molecule has 0 saturated heterocycles. The van der Waals surface area contributed by atoms with Crippen LogP contribution in [-0.4, -0.2) is 37.2 Å². The minimum Gasteiger partial charge on any atom is -0.462 e. The smallest absolute Gasteiger partial charge is 0.306 e.